The van der Waals surface area contributed by atoms with E-state index in [2.05, 4.69) is 5.32 Å². The van der Waals surface area contributed by atoms with Crippen LogP contribution in [-0.2, 0) is 9.59 Å². The zero-order valence-corrected chi connectivity index (χ0v) is 20.1. The Bertz CT molecular complexity index is 1110. The number of nitrogens with one attached hydrogen (secondary N) is 1. The molecular formula is C24H28N2O8S. The van der Waals surface area contributed by atoms with Gasteiger partial charge in [-0.15, -0.1) is 11.3 Å². The lowest BCUT2D eigenvalue weighted by Crippen LogP contribution is -2.47. The lowest BCUT2D eigenvalue weighted by Gasteiger charge is -2.34. The molecule has 0 atom stereocenters. The van der Waals surface area contributed by atoms with Crippen LogP contribution in [0.5, 0.6) is 5.75 Å². The van der Waals surface area contributed by atoms with Crippen LogP contribution in [0, 0.1) is 6.92 Å². The van der Waals surface area contributed by atoms with Crippen LogP contribution in [0.2, 0.25) is 0 Å². The molecule has 1 heterocycles. The highest BCUT2D eigenvalue weighted by Gasteiger charge is 2.28. The lowest BCUT2D eigenvalue weighted by atomic mass is 9.93. The standard InChI is InChI=1S/C24H28N2O8S/c1-14-20(34-13-19(29)30)22(23(31)32)35-21(14)15-6-5-9-17(12-15)26(16-7-3-2-4-8-16)24(33)25-11-10-18(27)28/h5-6,9,12,16H,2-4,7-8,10-11,13H2,1H3,(H,25,33)(H,27,28)(H,29,30)(H,31,32). The van der Waals surface area contributed by atoms with Crippen LogP contribution in [0.4, 0.5) is 10.5 Å². The largest absolute Gasteiger partial charge is 0.481 e. The number of nitrogens with zero attached hydrogens (tertiary/aromatic N) is 1. The van der Waals surface area contributed by atoms with E-state index in [0.717, 1.165) is 43.4 Å². The average Bonchev–Trinajstić information content (AvgIpc) is 3.15. The minimum Gasteiger partial charge on any atom is -0.481 e. The Morgan fingerprint density at radius 3 is 2.43 bits per heavy atom. The van der Waals surface area contributed by atoms with Crippen molar-refractivity contribution in [2.45, 2.75) is 51.5 Å². The monoisotopic (exact) mass is 504 g/mol. The van der Waals surface area contributed by atoms with Crippen molar-refractivity contribution in [1.29, 1.82) is 0 Å². The van der Waals surface area contributed by atoms with Crippen LogP contribution >= 0.6 is 11.3 Å². The Labute approximate surface area is 206 Å². The Morgan fingerprint density at radius 1 is 1.09 bits per heavy atom. The molecule has 10 nitrogen and oxygen atoms in total. The zero-order valence-electron chi connectivity index (χ0n) is 19.3. The molecule has 0 radical (unpaired) electrons. The van der Waals surface area contributed by atoms with Gasteiger partial charge >= 0.3 is 23.9 Å². The quantitative estimate of drug-likeness (QED) is 0.375. The third kappa shape index (κ3) is 6.50. The summed E-state index contributed by atoms with van der Waals surface area (Å²) in [6.45, 7) is 1.01. The van der Waals surface area contributed by atoms with Gasteiger partial charge in [0.15, 0.2) is 11.5 Å². The van der Waals surface area contributed by atoms with Gasteiger partial charge in [0.1, 0.15) is 5.75 Å². The Hall–Kier alpha value is -3.60. The highest BCUT2D eigenvalue weighted by atomic mass is 32.1. The van der Waals surface area contributed by atoms with Crippen molar-refractivity contribution in [3.05, 3.63) is 34.7 Å². The highest BCUT2D eigenvalue weighted by molar-refractivity contribution is 7.18. The molecular weight excluding hydrogens is 476 g/mol. The van der Waals surface area contributed by atoms with Crippen LogP contribution in [-0.4, -0.2) is 58.5 Å². The third-order valence-electron chi connectivity index (χ3n) is 5.79. The van der Waals surface area contributed by atoms with Crippen molar-refractivity contribution in [1.82, 2.24) is 5.32 Å². The van der Waals surface area contributed by atoms with Gasteiger partial charge in [-0.3, -0.25) is 9.69 Å². The molecule has 35 heavy (non-hydrogen) atoms. The average molecular weight is 505 g/mol. The topological polar surface area (TPSA) is 153 Å². The molecule has 1 saturated carbocycles. The summed E-state index contributed by atoms with van der Waals surface area (Å²) in [5.74, 6) is -3.42. The Balaban J connectivity index is 1.97. The molecule has 0 unspecified atom stereocenters. The maximum absolute atomic E-state index is 13.1. The number of hydrogen-bond acceptors (Lipinski definition) is 6. The van der Waals surface area contributed by atoms with Gasteiger partial charge in [0.25, 0.3) is 0 Å². The second kappa shape index (κ2) is 11.7. The van der Waals surface area contributed by atoms with Crippen molar-refractivity contribution in [2.24, 2.45) is 0 Å². The highest BCUT2D eigenvalue weighted by Crippen LogP contribution is 2.42. The first-order valence-corrected chi connectivity index (χ1v) is 12.1. The van der Waals surface area contributed by atoms with Gasteiger partial charge in [0.2, 0.25) is 0 Å². The first kappa shape index (κ1) is 26.0. The van der Waals surface area contributed by atoms with E-state index in [-0.39, 0.29) is 35.7 Å². The number of anilines is 1. The summed E-state index contributed by atoms with van der Waals surface area (Å²) >= 11 is 0.979. The van der Waals surface area contributed by atoms with E-state index in [0.29, 0.717) is 21.7 Å². The number of amides is 2. The number of carboxylic acid groups (broad SMARTS) is 3. The zero-order chi connectivity index (χ0) is 25.5. The molecule has 11 heteroatoms. The van der Waals surface area contributed by atoms with Gasteiger partial charge in [0.05, 0.1) is 6.42 Å². The SMILES string of the molecule is Cc1c(-c2cccc(N(C(=O)NCCC(=O)O)C3CCCCC3)c2)sc(C(=O)O)c1OCC(=O)O. The molecule has 1 aromatic carbocycles. The number of urea groups is 1. The van der Waals surface area contributed by atoms with E-state index in [1.165, 1.54) is 0 Å². The summed E-state index contributed by atoms with van der Waals surface area (Å²) in [5.41, 5.74) is 1.78. The summed E-state index contributed by atoms with van der Waals surface area (Å²) in [6.07, 6.45) is 4.53. The smallest absolute Gasteiger partial charge is 0.349 e. The lowest BCUT2D eigenvalue weighted by molar-refractivity contribution is -0.139. The third-order valence-corrected chi connectivity index (χ3v) is 7.10. The van der Waals surface area contributed by atoms with Crippen LogP contribution in [0.15, 0.2) is 24.3 Å². The number of carbonyl (C=O) groups is 4. The van der Waals surface area contributed by atoms with E-state index in [4.69, 9.17) is 14.9 Å². The number of rotatable bonds is 10. The molecule has 188 valence electrons. The first-order chi connectivity index (χ1) is 16.7. The van der Waals surface area contributed by atoms with Gasteiger partial charge in [-0.2, -0.15) is 0 Å². The van der Waals surface area contributed by atoms with Gasteiger partial charge in [-0.1, -0.05) is 31.4 Å². The fourth-order valence-electron chi connectivity index (χ4n) is 4.21. The van der Waals surface area contributed by atoms with E-state index >= 15 is 0 Å². The van der Waals surface area contributed by atoms with E-state index in [9.17, 15) is 24.3 Å². The number of aliphatic carboxylic acids is 2. The second-order valence-electron chi connectivity index (χ2n) is 8.29. The minimum absolute atomic E-state index is 0.00730. The van der Waals surface area contributed by atoms with Crippen LogP contribution in [0.25, 0.3) is 10.4 Å². The molecule has 1 aliphatic rings. The number of carboxylic acids is 3. The predicted molar refractivity (Wildman–Crippen MR) is 130 cm³/mol. The van der Waals surface area contributed by atoms with Crippen molar-refractivity contribution in [2.75, 3.05) is 18.1 Å². The maximum Gasteiger partial charge on any atom is 0.349 e. The van der Waals surface area contributed by atoms with Crippen LogP contribution < -0.4 is 15.0 Å². The molecule has 2 aromatic rings. The number of ether oxygens (including phenoxy) is 1. The molecule has 2 amide bonds. The number of thiophene rings is 1. The Morgan fingerprint density at radius 2 is 1.80 bits per heavy atom. The molecule has 0 spiro atoms. The fourth-order valence-corrected chi connectivity index (χ4v) is 5.30. The summed E-state index contributed by atoms with van der Waals surface area (Å²) in [4.78, 5) is 48.8. The molecule has 3 rings (SSSR count). The van der Waals surface area contributed by atoms with Crippen molar-refractivity contribution >= 4 is 41.0 Å². The van der Waals surface area contributed by atoms with Gasteiger partial charge in [-0.25, -0.2) is 14.4 Å². The predicted octanol–water partition coefficient (Wildman–Crippen LogP) is 4.21. The normalized spacial score (nSPS) is 13.7. The fraction of sp³-hybridized carbons (Fsp3) is 0.417. The molecule has 4 N–H and O–H groups in total. The minimum atomic E-state index is -1.22. The van der Waals surface area contributed by atoms with E-state index in [1.54, 1.807) is 36.1 Å². The van der Waals surface area contributed by atoms with Crippen molar-refractivity contribution < 1.29 is 39.2 Å². The molecule has 0 aliphatic heterocycles. The maximum atomic E-state index is 13.1. The summed E-state index contributed by atoms with van der Waals surface area (Å²) in [7, 11) is 0. The molecule has 1 fully saturated rings. The molecule has 1 aliphatic carbocycles. The van der Waals surface area contributed by atoms with Gasteiger partial charge in [0, 0.05) is 28.7 Å². The van der Waals surface area contributed by atoms with Crippen molar-refractivity contribution in [3.63, 3.8) is 0 Å². The Kier molecular flexibility index (Phi) is 8.69. The van der Waals surface area contributed by atoms with Gasteiger partial charge in [-0.05, 0) is 37.5 Å². The molecule has 0 bridgehead atoms. The summed E-state index contributed by atoms with van der Waals surface area (Å²) in [6, 6.07) is 6.71. The van der Waals surface area contributed by atoms with E-state index in [1.807, 2.05) is 0 Å². The van der Waals surface area contributed by atoms with Gasteiger partial charge < -0.3 is 25.4 Å². The number of benzene rings is 1. The van der Waals surface area contributed by atoms with Crippen LogP contribution in [0.3, 0.4) is 0 Å². The number of aromatic carboxylic acids is 1. The first-order valence-electron chi connectivity index (χ1n) is 11.3. The summed E-state index contributed by atoms with van der Waals surface area (Å²) in [5, 5.41) is 30.1. The van der Waals surface area contributed by atoms with E-state index < -0.39 is 24.5 Å². The van der Waals surface area contributed by atoms with Crippen LogP contribution in [0.1, 0.15) is 53.8 Å². The molecule has 0 saturated heterocycles. The molecule has 1 aromatic heterocycles. The van der Waals surface area contributed by atoms with Crippen molar-refractivity contribution in [3.8, 4) is 16.2 Å². The number of hydrogen-bond donors (Lipinski definition) is 4. The second-order valence-corrected chi connectivity index (χ2v) is 9.31. The number of carbonyl (C=O) groups excluding carboxylic acids is 1. The summed E-state index contributed by atoms with van der Waals surface area (Å²) < 4.78 is 5.28.